The van der Waals surface area contributed by atoms with Gasteiger partial charge in [0.1, 0.15) is 22.9 Å². The smallest absolute Gasteiger partial charge is 0.251 e. The summed E-state index contributed by atoms with van der Waals surface area (Å²) in [5.41, 5.74) is -0.103. The third kappa shape index (κ3) is 4.56. The fraction of sp³-hybridized carbons (Fsp3) is 0.174. The Morgan fingerprint density at radius 3 is 2.18 bits per heavy atom. The van der Waals surface area contributed by atoms with Crippen LogP contribution in [0.1, 0.15) is 22.8 Å². The highest BCUT2D eigenvalue weighted by atomic mass is 19.1. The molecule has 1 unspecified atom stereocenters. The van der Waals surface area contributed by atoms with Gasteiger partial charge in [-0.05, 0) is 49.4 Å². The molecule has 0 saturated heterocycles. The largest absolute Gasteiger partial charge is 0.457 e. The first-order valence-electron chi connectivity index (χ1n) is 8.93. The van der Waals surface area contributed by atoms with E-state index in [4.69, 9.17) is 9.47 Å². The highest BCUT2D eigenvalue weighted by molar-refractivity contribution is 5.94. The van der Waals surface area contributed by atoms with E-state index in [0.29, 0.717) is 16.9 Å². The molecule has 5 heteroatoms. The molecule has 28 heavy (non-hydrogen) atoms. The summed E-state index contributed by atoms with van der Waals surface area (Å²) < 4.78 is 25.4. The van der Waals surface area contributed by atoms with Crippen molar-refractivity contribution in [2.24, 2.45) is 0 Å². The SMILES string of the molecule is COC(C)(CNC(=O)c1ccc(Oc2ccccc2)cc1)c1ccccc1F. The minimum atomic E-state index is -0.975. The molecule has 3 aromatic rings. The number of amides is 1. The quantitative estimate of drug-likeness (QED) is 0.635. The van der Waals surface area contributed by atoms with Gasteiger partial charge in [-0.1, -0.05) is 36.4 Å². The third-order valence-electron chi connectivity index (χ3n) is 4.58. The number of ether oxygens (including phenoxy) is 2. The number of carbonyl (C=O) groups excluding carboxylic acids is 1. The Morgan fingerprint density at radius 1 is 0.929 bits per heavy atom. The number of halogens is 1. The molecule has 0 aliphatic carbocycles. The number of hydrogen-bond acceptors (Lipinski definition) is 3. The van der Waals surface area contributed by atoms with E-state index in [1.54, 1.807) is 49.4 Å². The number of carbonyl (C=O) groups is 1. The van der Waals surface area contributed by atoms with Gasteiger partial charge in [0.15, 0.2) is 0 Å². The molecule has 0 bridgehead atoms. The van der Waals surface area contributed by atoms with Gasteiger partial charge >= 0.3 is 0 Å². The van der Waals surface area contributed by atoms with Crippen LogP contribution >= 0.6 is 0 Å². The minimum Gasteiger partial charge on any atom is -0.457 e. The topological polar surface area (TPSA) is 47.6 Å². The number of methoxy groups -OCH3 is 1. The summed E-state index contributed by atoms with van der Waals surface area (Å²) in [6.45, 7) is 1.87. The molecule has 1 N–H and O–H groups in total. The van der Waals surface area contributed by atoms with E-state index in [-0.39, 0.29) is 18.3 Å². The van der Waals surface area contributed by atoms with Crippen LogP contribution in [0.25, 0.3) is 0 Å². The van der Waals surface area contributed by atoms with Crippen LogP contribution in [0.4, 0.5) is 4.39 Å². The van der Waals surface area contributed by atoms with Gasteiger partial charge in [-0.3, -0.25) is 4.79 Å². The number of benzene rings is 3. The normalized spacial score (nSPS) is 12.8. The van der Waals surface area contributed by atoms with Crippen molar-refractivity contribution in [2.75, 3.05) is 13.7 Å². The minimum absolute atomic E-state index is 0.130. The molecule has 0 aliphatic rings. The van der Waals surface area contributed by atoms with Gasteiger partial charge in [0.05, 0.1) is 6.54 Å². The summed E-state index contributed by atoms with van der Waals surface area (Å²) in [5, 5.41) is 2.81. The molecule has 0 radical (unpaired) electrons. The van der Waals surface area contributed by atoms with Crippen LogP contribution in [0, 0.1) is 5.82 Å². The van der Waals surface area contributed by atoms with Crippen LogP contribution in [0.15, 0.2) is 78.9 Å². The fourth-order valence-electron chi connectivity index (χ4n) is 2.82. The Hall–Kier alpha value is -3.18. The number of para-hydroxylation sites is 1. The van der Waals surface area contributed by atoms with Crippen molar-refractivity contribution in [1.82, 2.24) is 5.32 Å². The Labute approximate surface area is 163 Å². The van der Waals surface area contributed by atoms with Crippen molar-refractivity contribution in [2.45, 2.75) is 12.5 Å². The van der Waals surface area contributed by atoms with E-state index in [1.165, 1.54) is 13.2 Å². The summed E-state index contributed by atoms with van der Waals surface area (Å²) >= 11 is 0. The molecule has 0 saturated carbocycles. The van der Waals surface area contributed by atoms with Gasteiger partial charge in [0, 0.05) is 18.2 Å². The first-order valence-corrected chi connectivity index (χ1v) is 8.93. The maximum Gasteiger partial charge on any atom is 0.251 e. The Bertz CT molecular complexity index is 928. The summed E-state index contributed by atoms with van der Waals surface area (Å²) in [5.74, 6) is 0.714. The van der Waals surface area contributed by atoms with Crippen LogP contribution in [0.5, 0.6) is 11.5 Å². The molecule has 1 amide bonds. The van der Waals surface area contributed by atoms with E-state index in [9.17, 15) is 9.18 Å². The molecule has 0 aromatic heterocycles. The molecule has 3 rings (SSSR count). The molecule has 1 atom stereocenters. The molecule has 3 aromatic carbocycles. The van der Waals surface area contributed by atoms with Crippen molar-refractivity contribution < 1.29 is 18.7 Å². The first-order chi connectivity index (χ1) is 13.5. The fourth-order valence-corrected chi connectivity index (χ4v) is 2.82. The second kappa shape index (κ2) is 8.67. The van der Waals surface area contributed by atoms with Crippen molar-refractivity contribution in [3.05, 3.63) is 95.8 Å². The zero-order valence-electron chi connectivity index (χ0n) is 15.8. The average molecular weight is 379 g/mol. The standard InChI is InChI=1S/C23H22FNO3/c1-23(27-2,20-10-6-7-11-21(20)24)16-25-22(26)17-12-14-19(15-13-17)28-18-8-4-3-5-9-18/h3-15H,16H2,1-2H3,(H,25,26). The van der Waals surface area contributed by atoms with Crippen molar-refractivity contribution in [3.63, 3.8) is 0 Å². The summed E-state index contributed by atoms with van der Waals surface area (Å²) in [6.07, 6.45) is 0. The zero-order chi connectivity index (χ0) is 20.0. The Balaban J connectivity index is 1.65. The molecule has 0 aliphatic heterocycles. The van der Waals surface area contributed by atoms with Crippen molar-refractivity contribution in [1.29, 1.82) is 0 Å². The van der Waals surface area contributed by atoms with E-state index in [2.05, 4.69) is 5.32 Å². The van der Waals surface area contributed by atoms with Gasteiger partial charge in [-0.25, -0.2) is 4.39 Å². The maximum absolute atomic E-state index is 14.1. The lowest BCUT2D eigenvalue weighted by Gasteiger charge is -2.29. The van der Waals surface area contributed by atoms with Gasteiger partial charge in [-0.2, -0.15) is 0 Å². The summed E-state index contributed by atoms with van der Waals surface area (Å²) in [6, 6.07) is 22.6. The predicted octanol–water partition coefficient (Wildman–Crippen LogP) is 4.91. The van der Waals surface area contributed by atoms with Crippen LogP contribution in [-0.2, 0) is 10.3 Å². The number of rotatable bonds is 7. The highest BCUT2D eigenvalue weighted by Crippen LogP contribution is 2.26. The van der Waals surface area contributed by atoms with Crippen LogP contribution in [0.3, 0.4) is 0 Å². The summed E-state index contributed by atoms with van der Waals surface area (Å²) in [7, 11) is 1.49. The van der Waals surface area contributed by atoms with Gasteiger partial charge in [0.2, 0.25) is 0 Å². The van der Waals surface area contributed by atoms with Crippen molar-refractivity contribution in [3.8, 4) is 11.5 Å². The molecule has 0 fully saturated rings. The first kappa shape index (κ1) is 19.6. The number of hydrogen-bond donors (Lipinski definition) is 1. The predicted molar refractivity (Wildman–Crippen MR) is 106 cm³/mol. The monoisotopic (exact) mass is 379 g/mol. The molecule has 0 heterocycles. The lowest BCUT2D eigenvalue weighted by molar-refractivity contribution is 0.000388. The van der Waals surface area contributed by atoms with E-state index in [0.717, 1.165) is 5.75 Å². The molecular weight excluding hydrogens is 357 g/mol. The van der Waals surface area contributed by atoms with E-state index >= 15 is 0 Å². The molecule has 144 valence electrons. The molecule has 4 nitrogen and oxygen atoms in total. The second-order valence-corrected chi connectivity index (χ2v) is 6.54. The van der Waals surface area contributed by atoms with Crippen molar-refractivity contribution >= 4 is 5.91 Å². The van der Waals surface area contributed by atoms with Gasteiger partial charge in [-0.15, -0.1) is 0 Å². The average Bonchev–Trinajstić information content (AvgIpc) is 2.73. The van der Waals surface area contributed by atoms with Gasteiger partial charge < -0.3 is 14.8 Å². The second-order valence-electron chi connectivity index (χ2n) is 6.54. The van der Waals surface area contributed by atoms with Crippen LogP contribution in [-0.4, -0.2) is 19.6 Å². The lowest BCUT2D eigenvalue weighted by atomic mass is 9.95. The molecule has 0 spiro atoms. The lowest BCUT2D eigenvalue weighted by Crippen LogP contribution is -2.40. The third-order valence-corrected chi connectivity index (χ3v) is 4.58. The van der Waals surface area contributed by atoms with E-state index in [1.807, 2.05) is 30.3 Å². The Morgan fingerprint density at radius 2 is 1.54 bits per heavy atom. The molecular formula is C23H22FNO3. The summed E-state index contributed by atoms with van der Waals surface area (Å²) in [4.78, 5) is 12.5. The highest BCUT2D eigenvalue weighted by Gasteiger charge is 2.29. The van der Waals surface area contributed by atoms with Crippen LogP contribution in [0.2, 0.25) is 0 Å². The maximum atomic E-state index is 14.1. The number of nitrogens with one attached hydrogen (secondary N) is 1. The van der Waals surface area contributed by atoms with E-state index < -0.39 is 5.60 Å². The van der Waals surface area contributed by atoms with Crippen LogP contribution < -0.4 is 10.1 Å². The Kier molecular flexibility index (Phi) is 6.06. The zero-order valence-corrected chi connectivity index (χ0v) is 15.8. The van der Waals surface area contributed by atoms with Gasteiger partial charge in [0.25, 0.3) is 5.91 Å².